The summed E-state index contributed by atoms with van der Waals surface area (Å²) in [5.74, 6) is 0.0764. The van der Waals surface area contributed by atoms with Crippen LogP contribution in [0.4, 0.5) is 0 Å². The van der Waals surface area contributed by atoms with E-state index in [2.05, 4.69) is 35.7 Å². The van der Waals surface area contributed by atoms with Crippen LogP contribution in [0.15, 0.2) is 38.0 Å². The van der Waals surface area contributed by atoms with Gasteiger partial charge in [-0.2, -0.15) is 0 Å². The van der Waals surface area contributed by atoms with Gasteiger partial charge in [-0.25, -0.2) is 0 Å². The van der Waals surface area contributed by atoms with Gasteiger partial charge in [-0.3, -0.25) is 25.0 Å². The second kappa shape index (κ2) is 20.9. The maximum absolute atomic E-state index is 13.7. The van der Waals surface area contributed by atoms with E-state index in [-0.39, 0.29) is 30.4 Å². The van der Waals surface area contributed by atoms with Crippen LogP contribution in [0.25, 0.3) is 0 Å². The Hall–Kier alpha value is -1.89. The predicted molar refractivity (Wildman–Crippen MR) is 171 cm³/mol. The van der Waals surface area contributed by atoms with Gasteiger partial charge in [-0.1, -0.05) is 56.8 Å². The van der Waals surface area contributed by atoms with Gasteiger partial charge in [-0.15, -0.1) is 19.7 Å². The molecule has 6 nitrogen and oxygen atoms in total. The van der Waals surface area contributed by atoms with E-state index in [9.17, 15) is 14.4 Å². The van der Waals surface area contributed by atoms with E-state index >= 15 is 0 Å². The maximum Gasteiger partial charge on any atom is 0.166 e. The van der Waals surface area contributed by atoms with Crippen LogP contribution in [-0.4, -0.2) is 54.1 Å². The number of rotatable bonds is 28. The number of hydrogen-bond donors (Lipinski definition) is 3. The van der Waals surface area contributed by atoms with Crippen molar-refractivity contribution in [1.82, 2.24) is 16.0 Å². The zero-order valence-corrected chi connectivity index (χ0v) is 26.6. The molecule has 0 spiro atoms. The van der Waals surface area contributed by atoms with Gasteiger partial charge in [0.1, 0.15) is 5.78 Å². The van der Waals surface area contributed by atoms with Crippen molar-refractivity contribution >= 4 is 17.3 Å². The van der Waals surface area contributed by atoms with Gasteiger partial charge < -0.3 is 5.32 Å². The van der Waals surface area contributed by atoms with Crippen molar-refractivity contribution in [2.75, 3.05) is 20.1 Å². The lowest BCUT2D eigenvalue weighted by Crippen LogP contribution is -2.60. The molecule has 3 N–H and O–H groups in total. The predicted octanol–water partition coefficient (Wildman–Crippen LogP) is 6.80. The topological polar surface area (TPSA) is 87.3 Å². The maximum atomic E-state index is 13.7. The zero-order chi connectivity index (χ0) is 30.5. The van der Waals surface area contributed by atoms with Gasteiger partial charge in [0.25, 0.3) is 0 Å². The Morgan fingerprint density at radius 1 is 0.575 bits per heavy atom. The molecule has 0 aromatic carbocycles. The average Bonchev–Trinajstić information content (AvgIpc) is 2.94. The molecule has 0 bridgehead atoms. The van der Waals surface area contributed by atoms with E-state index < -0.39 is 16.6 Å². The van der Waals surface area contributed by atoms with Gasteiger partial charge in [0, 0.05) is 0 Å². The summed E-state index contributed by atoms with van der Waals surface area (Å²) < 4.78 is 0. The number of allylic oxidation sites excluding steroid dienone is 3. The van der Waals surface area contributed by atoms with E-state index in [1.807, 2.05) is 46.0 Å². The van der Waals surface area contributed by atoms with Crippen LogP contribution in [0.1, 0.15) is 124 Å². The lowest BCUT2D eigenvalue weighted by Gasteiger charge is -2.35. The minimum absolute atomic E-state index is 0.0114. The van der Waals surface area contributed by atoms with Gasteiger partial charge >= 0.3 is 0 Å². The molecule has 0 rings (SSSR count). The highest BCUT2D eigenvalue weighted by molar-refractivity contribution is 5.93. The molecule has 0 amide bonds. The van der Waals surface area contributed by atoms with E-state index in [4.69, 9.17) is 0 Å². The van der Waals surface area contributed by atoms with Gasteiger partial charge in [0.15, 0.2) is 11.6 Å². The molecule has 0 saturated carbocycles. The largest absolute Gasteiger partial charge is 0.308 e. The van der Waals surface area contributed by atoms with Crippen LogP contribution in [-0.2, 0) is 14.4 Å². The first-order valence-corrected chi connectivity index (χ1v) is 15.5. The SMILES string of the molecule is C=CCCCCCCC(C)(NCC(=O)C(C)(CCCCCCC=C)NCC(=O)C(C)(CCCC=C)NC)C(C)=O. The van der Waals surface area contributed by atoms with E-state index in [0.29, 0.717) is 19.3 Å². The second-order valence-electron chi connectivity index (χ2n) is 12.0. The number of nitrogens with one attached hydrogen (secondary N) is 3. The first kappa shape index (κ1) is 38.1. The smallest absolute Gasteiger partial charge is 0.166 e. The monoisotopic (exact) mass is 559 g/mol. The van der Waals surface area contributed by atoms with Crippen molar-refractivity contribution in [3.8, 4) is 0 Å². The van der Waals surface area contributed by atoms with Crippen LogP contribution in [0, 0.1) is 0 Å². The Morgan fingerprint density at radius 3 is 1.40 bits per heavy atom. The molecule has 0 aliphatic carbocycles. The summed E-state index contributed by atoms with van der Waals surface area (Å²) in [6.07, 6.45) is 19.8. The van der Waals surface area contributed by atoms with Gasteiger partial charge in [0.2, 0.25) is 0 Å². The molecular weight excluding hydrogens is 498 g/mol. The molecular formula is C34H61N3O3. The quantitative estimate of drug-likeness (QED) is 0.0722. The molecule has 0 aliphatic heterocycles. The molecule has 0 aromatic heterocycles. The summed E-state index contributed by atoms with van der Waals surface area (Å²) in [6.45, 7) is 18.9. The van der Waals surface area contributed by atoms with Crippen LogP contribution < -0.4 is 16.0 Å². The van der Waals surface area contributed by atoms with E-state index in [1.165, 1.54) is 0 Å². The summed E-state index contributed by atoms with van der Waals surface area (Å²) in [4.78, 5) is 39.6. The molecule has 0 heterocycles. The Morgan fingerprint density at radius 2 is 0.950 bits per heavy atom. The summed E-state index contributed by atoms with van der Waals surface area (Å²) in [5, 5.41) is 9.86. The first-order valence-electron chi connectivity index (χ1n) is 15.5. The van der Waals surface area contributed by atoms with Crippen LogP contribution >= 0.6 is 0 Å². The fourth-order valence-corrected chi connectivity index (χ4v) is 4.90. The van der Waals surface area contributed by atoms with Crippen molar-refractivity contribution in [3.63, 3.8) is 0 Å². The minimum atomic E-state index is -0.862. The minimum Gasteiger partial charge on any atom is -0.308 e. The molecule has 230 valence electrons. The number of likely N-dealkylation sites (N-methyl/N-ethyl adjacent to an activating group) is 1. The third-order valence-electron chi connectivity index (χ3n) is 8.59. The number of carbonyl (C=O) groups excluding carboxylic acids is 3. The Balaban J connectivity index is 5.39. The number of carbonyl (C=O) groups is 3. The molecule has 40 heavy (non-hydrogen) atoms. The number of hydrogen-bond acceptors (Lipinski definition) is 6. The van der Waals surface area contributed by atoms with Crippen LogP contribution in [0.5, 0.6) is 0 Å². The number of ketones is 3. The van der Waals surface area contributed by atoms with Crippen molar-refractivity contribution in [2.45, 2.75) is 141 Å². The molecule has 0 aromatic rings. The lowest BCUT2D eigenvalue weighted by atomic mass is 9.85. The van der Waals surface area contributed by atoms with Crippen molar-refractivity contribution < 1.29 is 14.4 Å². The fraction of sp³-hybridized carbons (Fsp3) is 0.735. The average molecular weight is 560 g/mol. The third kappa shape index (κ3) is 14.7. The summed E-state index contributed by atoms with van der Waals surface area (Å²) in [5.41, 5.74) is -2.27. The molecule has 0 fully saturated rings. The van der Waals surface area contributed by atoms with E-state index in [1.54, 1.807) is 6.92 Å². The van der Waals surface area contributed by atoms with Crippen molar-refractivity contribution in [2.24, 2.45) is 0 Å². The van der Waals surface area contributed by atoms with Crippen molar-refractivity contribution in [1.29, 1.82) is 0 Å². The standard InChI is InChI=1S/C34H61N3O3/c1-9-12-15-17-19-22-24-32(5,29(4)38)36-28-31(40)34(7,26-23-20-18-16-13-10-2)37-27-30(39)33(6,35-8)25-21-14-11-3/h9-11,35-37H,1-3,12-28H2,4-8H3. The van der Waals surface area contributed by atoms with E-state index in [0.717, 1.165) is 77.0 Å². The molecule has 3 atom stereocenters. The normalized spacial score (nSPS) is 15.8. The molecule has 6 heteroatoms. The van der Waals surface area contributed by atoms with Crippen LogP contribution in [0.3, 0.4) is 0 Å². The van der Waals surface area contributed by atoms with Crippen LogP contribution in [0.2, 0.25) is 0 Å². The number of Topliss-reactive ketones (excluding diaryl/α,β-unsaturated/α-hetero) is 3. The Labute approximate surface area is 246 Å². The van der Waals surface area contributed by atoms with Gasteiger partial charge in [0.05, 0.1) is 29.7 Å². The number of unbranched alkanes of at least 4 members (excludes halogenated alkanes) is 9. The van der Waals surface area contributed by atoms with Crippen molar-refractivity contribution in [3.05, 3.63) is 38.0 Å². The fourth-order valence-electron chi connectivity index (χ4n) is 4.90. The summed E-state index contributed by atoms with van der Waals surface area (Å²) in [7, 11) is 1.81. The summed E-state index contributed by atoms with van der Waals surface area (Å²) in [6, 6.07) is 0. The Kier molecular flexibility index (Phi) is 19.9. The Bertz CT molecular complexity index is 795. The summed E-state index contributed by atoms with van der Waals surface area (Å²) >= 11 is 0. The zero-order valence-electron chi connectivity index (χ0n) is 26.6. The highest BCUT2D eigenvalue weighted by Gasteiger charge is 2.37. The molecule has 0 saturated heterocycles. The highest BCUT2D eigenvalue weighted by Crippen LogP contribution is 2.22. The molecule has 0 radical (unpaired) electrons. The third-order valence-corrected chi connectivity index (χ3v) is 8.59. The molecule has 3 unspecified atom stereocenters. The highest BCUT2D eigenvalue weighted by atomic mass is 16.1. The first-order chi connectivity index (χ1) is 18.9. The lowest BCUT2D eigenvalue weighted by molar-refractivity contribution is -0.127. The second-order valence-corrected chi connectivity index (χ2v) is 12.0. The van der Waals surface area contributed by atoms with Gasteiger partial charge in [-0.05, 0) is 92.5 Å². The molecule has 0 aliphatic rings.